The Hall–Kier alpha value is -1.40. The number of nitrogens with zero attached hydrogens (tertiary/aromatic N) is 3. The van der Waals surface area contributed by atoms with Crippen molar-refractivity contribution in [2.75, 3.05) is 19.6 Å². The van der Waals surface area contributed by atoms with Gasteiger partial charge in [-0.15, -0.1) is 0 Å². The van der Waals surface area contributed by atoms with Gasteiger partial charge < -0.3 is 15.1 Å². The lowest BCUT2D eigenvalue weighted by Gasteiger charge is -2.46. The Kier molecular flexibility index (Phi) is 5.71. The fraction of sp³-hybridized carbons (Fsp3) is 0.778. The molecule has 2 atom stereocenters. The van der Waals surface area contributed by atoms with Crippen LogP contribution in [0.15, 0.2) is 16.8 Å². The molecule has 136 valence electrons. The summed E-state index contributed by atoms with van der Waals surface area (Å²) in [6.07, 6.45) is 2.15. The molecule has 2 aliphatic rings. The molecule has 2 rings (SSSR count). The molecule has 0 spiro atoms. The molecule has 0 saturated carbocycles. The second-order valence-corrected chi connectivity index (χ2v) is 8.34. The van der Waals surface area contributed by atoms with Gasteiger partial charge in [-0.05, 0) is 36.3 Å². The van der Waals surface area contributed by atoms with Gasteiger partial charge in [-0.25, -0.2) is 4.79 Å². The highest BCUT2D eigenvalue weighted by atomic mass is 16.4. The van der Waals surface area contributed by atoms with E-state index >= 15 is 0 Å². The summed E-state index contributed by atoms with van der Waals surface area (Å²) in [6, 6.07) is -0.804. The molecule has 1 unspecified atom stereocenters. The Morgan fingerprint density at radius 1 is 1.42 bits per heavy atom. The topological polar surface area (TPSA) is 76.4 Å². The molecule has 6 nitrogen and oxygen atoms in total. The first kappa shape index (κ1) is 18.9. The molecule has 0 aromatic carbocycles. The molecule has 24 heavy (non-hydrogen) atoms. The van der Waals surface area contributed by atoms with E-state index in [0.29, 0.717) is 11.8 Å². The lowest BCUT2D eigenvalue weighted by Crippen LogP contribution is -2.53. The van der Waals surface area contributed by atoms with Crippen LogP contribution < -0.4 is 0 Å². The molecular weight excluding hydrogens is 306 g/mol. The zero-order chi connectivity index (χ0) is 18.1. The van der Waals surface area contributed by atoms with Crippen molar-refractivity contribution in [3.8, 4) is 0 Å². The van der Waals surface area contributed by atoms with Crippen LogP contribution in [0.4, 0.5) is 0 Å². The van der Waals surface area contributed by atoms with E-state index in [9.17, 15) is 15.0 Å². The standard InChI is InChI=1S/C18H31N3O3/c1-12(2)8-15(17(23)24)21-16(22)13(3)9-14(19-21)6-7-20-10-18(4,5)11-20/h9,12,15-16,22H,6-8,10-11H2,1-5H3,(H,23,24)/t15-,16?/m0/s1. The molecule has 0 radical (unpaired) electrons. The van der Waals surface area contributed by atoms with Gasteiger partial charge in [-0.2, -0.15) is 5.10 Å². The molecule has 0 aromatic rings. The van der Waals surface area contributed by atoms with Crippen LogP contribution in [-0.4, -0.2) is 63.7 Å². The summed E-state index contributed by atoms with van der Waals surface area (Å²) in [6.45, 7) is 13.4. The number of hydrogen-bond donors (Lipinski definition) is 2. The summed E-state index contributed by atoms with van der Waals surface area (Å²) < 4.78 is 0. The predicted octanol–water partition coefficient (Wildman–Crippen LogP) is 2.15. The molecule has 0 bridgehead atoms. The smallest absolute Gasteiger partial charge is 0.328 e. The highest BCUT2D eigenvalue weighted by molar-refractivity contribution is 5.96. The maximum atomic E-state index is 11.6. The van der Waals surface area contributed by atoms with Crippen LogP contribution in [-0.2, 0) is 4.79 Å². The number of aliphatic carboxylic acids is 1. The molecular formula is C18H31N3O3. The van der Waals surface area contributed by atoms with Crippen LogP contribution in [0, 0.1) is 11.3 Å². The van der Waals surface area contributed by atoms with Crippen molar-refractivity contribution in [3.05, 3.63) is 11.6 Å². The first-order valence-electron chi connectivity index (χ1n) is 8.76. The molecule has 0 aliphatic carbocycles. The van der Waals surface area contributed by atoms with Gasteiger partial charge in [0.25, 0.3) is 0 Å². The molecule has 0 amide bonds. The summed E-state index contributed by atoms with van der Waals surface area (Å²) in [5.41, 5.74) is 1.99. The van der Waals surface area contributed by atoms with E-state index in [4.69, 9.17) is 0 Å². The molecule has 2 aliphatic heterocycles. The third-order valence-electron chi connectivity index (χ3n) is 4.58. The van der Waals surface area contributed by atoms with E-state index in [1.54, 1.807) is 0 Å². The van der Waals surface area contributed by atoms with Crippen molar-refractivity contribution in [1.82, 2.24) is 9.91 Å². The van der Waals surface area contributed by atoms with Crippen LogP contribution in [0.25, 0.3) is 0 Å². The minimum Gasteiger partial charge on any atom is -0.480 e. The molecule has 6 heteroatoms. The molecule has 2 heterocycles. The van der Waals surface area contributed by atoms with Crippen molar-refractivity contribution in [2.24, 2.45) is 16.4 Å². The molecule has 1 fully saturated rings. The first-order chi connectivity index (χ1) is 11.1. The zero-order valence-electron chi connectivity index (χ0n) is 15.5. The van der Waals surface area contributed by atoms with E-state index in [-0.39, 0.29) is 5.92 Å². The highest BCUT2D eigenvalue weighted by Crippen LogP contribution is 2.29. The average molecular weight is 337 g/mol. The van der Waals surface area contributed by atoms with Gasteiger partial charge in [0.05, 0.1) is 5.71 Å². The van der Waals surface area contributed by atoms with Crippen molar-refractivity contribution in [2.45, 2.75) is 59.7 Å². The minimum atomic E-state index is -0.962. The lowest BCUT2D eigenvalue weighted by molar-refractivity contribution is -0.148. The Labute approximate surface area is 144 Å². The van der Waals surface area contributed by atoms with Crippen molar-refractivity contribution in [1.29, 1.82) is 0 Å². The second kappa shape index (κ2) is 7.23. The quantitative estimate of drug-likeness (QED) is 0.744. The number of hydrazone groups is 1. The highest BCUT2D eigenvalue weighted by Gasteiger charge is 2.35. The third-order valence-corrected chi connectivity index (χ3v) is 4.58. The van der Waals surface area contributed by atoms with E-state index < -0.39 is 18.2 Å². The average Bonchev–Trinajstić information content (AvgIpc) is 2.43. The summed E-state index contributed by atoms with van der Waals surface area (Å²) in [5.74, 6) is -0.725. The number of rotatable bonds is 7. The van der Waals surface area contributed by atoms with E-state index in [2.05, 4.69) is 23.8 Å². The fourth-order valence-corrected chi connectivity index (χ4v) is 3.50. The lowest BCUT2D eigenvalue weighted by atomic mass is 9.84. The van der Waals surface area contributed by atoms with E-state index in [1.807, 2.05) is 26.8 Å². The number of hydrogen-bond acceptors (Lipinski definition) is 5. The van der Waals surface area contributed by atoms with Crippen LogP contribution in [0.3, 0.4) is 0 Å². The third kappa shape index (κ3) is 4.57. The number of likely N-dealkylation sites (tertiary alicyclic amines) is 1. The molecule has 2 N–H and O–H groups in total. The number of carboxylic acids is 1. The number of allylic oxidation sites excluding steroid dienone is 1. The van der Waals surface area contributed by atoms with E-state index in [1.165, 1.54) is 5.01 Å². The summed E-state index contributed by atoms with van der Waals surface area (Å²) >= 11 is 0. The molecule has 1 saturated heterocycles. The Morgan fingerprint density at radius 3 is 2.54 bits per heavy atom. The van der Waals surface area contributed by atoms with E-state index in [0.717, 1.165) is 37.3 Å². The summed E-state index contributed by atoms with van der Waals surface area (Å²) in [5, 5.41) is 25.7. The van der Waals surface area contributed by atoms with Crippen molar-refractivity contribution >= 4 is 11.7 Å². The van der Waals surface area contributed by atoms with Gasteiger partial charge >= 0.3 is 5.97 Å². The van der Waals surface area contributed by atoms with Gasteiger partial charge in [0.15, 0.2) is 6.23 Å². The maximum absolute atomic E-state index is 11.6. The normalized spacial score (nSPS) is 25.1. The number of aliphatic hydroxyl groups is 1. The Morgan fingerprint density at radius 2 is 2.04 bits per heavy atom. The Balaban J connectivity index is 2.05. The fourth-order valence-electron chi connectivity index (χ4n) is 3.50. The molecule has 0 aromatic heterocycles. The van der Waals surface area contributed by atoms with Crippen LogP contribution in [0.5, 0.6) is 0 Å². The predicted molar refractivity (Wildman–Crippen MR) is 94.8 cm³/mol. The monoisotopic (exact) mass is 337 g/mol. The maximum Gasteiger partial charge on any atom is 0.328 e. The number of carbonyl (C=O) groups is 1. The second-order valence-electron chi connectivity index (χ2n) is 8.34. The van der Waals surface area contributed by atoms with Gasteiger partial charge in [-0.1, -0.05) is 27.7 Å². The SMILES string of the molecule is CC1=CC(CCN2CC(C)(C)C2)=NN([C@@H](CC(C)C)C(=O)O)C1O. The van der Waals surface area contributed by atoms with Gasteiger partial charge in [0.2, 0.25) is 0 Å². The van der Waals surface area contributed by atoms with Crippen LogP contribution in [0.1, 0.15) is 47.5 Å². The number of carboxylic acid groups (broad SMARTS) is 1. The Bertz CT molecular complexity index is 532. The van der Waals surface area contributed by atoms with Gasteiger partial charge in [-0.3, -0.25) is 5.01 Å². The minimum absolute atomic E-state index is 0.214. The zero-order valence-corrected chi connectivity index (χ0v) is 15.5. The van der Waals surface area contributed by atoms with Crippen molar-refractivity contribution in [3.63, 3.8) is 0 Å². The van der Waals surface area contributed by atoms with Crippen LogP contribution >= 0.6 is 0 Å². The van der Waals surface area contributed by atoms with Gasteiger partial charge in [0, 0.05) is 26.1 Å². The van der Waals surface area contributed by atoms with Crippen LogP contribution in [0.2, 0.25) is 0 Å². The number of aliphatic hydroxyl groups excluding tert-OH is 1. The summed E-state index contributed by atoms with van der Waals surface area (Å²) in [4.78, 5) is 14.0. The summed E-state index contributed by atoms with van der Waals surface area (Å²) in [7, 11) is 0. The van der Waals surface area contributed by atoms with Crippen molar-refractivity contribution < 1.29 is 15.0 Å². The first-order valence-corrected chi connectivity index (χ1v) is 8.76. The van der Waals surface area contributed by atoms with Gasteiger partial charge in [0.1, 0.15) is 6.04 Å². The largest absolute Gasteiger partial charge is 0.480 e.